The first kappa shape index (κ1) is 19.3. The molecule has 25 heavy (non-hydrogen) atoms. The van der Waals surface area contributed by atoms with E-state index in [1.807, 2.05) is 42.5 Å². The number of hydrogen-bond donors (Lipinski definition) is 2. The van der Waals surface area contributed by atoms with Crippen LogP contribution in [0.2, 0.25) is 5.02 Å². The number of benzene rings is 2. The van der Waals surface area contributed by atoms with Gasteiger partial charge in [0, 0.05) is 10.9 Å². The van der Waals surface area contributed by atoms with Gasteiger partial charge in [-0.2, -0.15) is 0 Å². The van der Waals surface area contributed by atoms with E-state index >= 15 is 0 Å². The average molecular weight is 362 g/mol. The van der Waals surface area contributed by atoms with Crippen molar-refractivity contribution in [2.24, 2.45) is 0 Å². The van der Waals surface area contributed by atoms with E-state index in [4.69, 9.17) is 16.3 Å². The summed E-state index contributed by atoms with van der Waals surface area (Å²) >= 11 is 5.99. The van der Waals surface area contributed by atoms with Crippen LogP contribution in [0.15, 0.2) is 54.6 Å². The van der Waals surface area contributed by atoms with Gasteiger partial charge in [-0.1, -0.05) is 54.1 Å². The number of alkyl carbamates (subject to hydrolysis) is 1. The summed E-state index contributed by atoms with van der Waals surface area (Å²) in [6.45, 7) is 5.18. The normalized spacial score (nSPS) is 13.8. The third-order valence-electron chi connectivity index (χ3n) is 3.69. The van der Waals surface area contributed by atoms with Crippen molar-refractivity contribution in [1.29, 1.82) is 0 Å². The van der Waals surface area contributed by atoms with Crippen LogP contribution in [0.3, 0.4) is 0 Å². The van der Waals surface area contributed by atoms with Gasteiger partial charge in [0.25, 0.3) is 0 Å². The van der Waals surface area contributed by atoms with Crippen LogP contribution < -0.4 is 5.32 Å². The molecule has 0 saturated heterocycles. The molecule has 2 rings (SSSR count). The van der Waals surface area contributed by atoms with E-state index in [2.05, 4.69) is 5.32 Å². The molecule has 0 aliphatic carbocycles. The van der Waals surface area contributed by atoms with Crippen LogP contribution in [0.4, 0.5) is 4.79 Å². The number of aliphatic hydroxyl groups is 1. The first-order valence-corrected chi connectivity index (χ1v) is 8.59. The Hall–Kier alpha value is -2.04. The molecule has 4 nitrogen and oxygen atoms in total. The van der Waals surface area contributed by atoms with Crippen molar-refractivity contribution in [3.63, 3.8) is 0 Å². The highest BCUT2D eigenvalue weighted by molar-refractivity contribution is 6.30. The second-order valence-corrected chi connectivity index (χ2v) is 7.31. The molecule has 2 N–H and O–H groups in total. The van der Waals surface area contributed by atoms with E-state index in [1.165, 1.54) is 0 Å². The van der Waals surface area contributed by atoms with Gasteiger partial charge in [-0.25, -0.2) is 4.79 Å². The van der Waals surface area contributed by atoms with E-state index in [0.717, 1.165) is 11.1 Å². The molecule has 0 heterocycles. The number of ether oxygens (including phenoxy) is 1. The SMILES string of the molecule is CC(C)(C)OC(=O)N[C@H](CO)[C@H](c1ccccc1)c1ccc(Cl)cc1. The van der Waals surface area contributed by atoms with E-state index in [-0.39, 0.29) is 12.5 Å². The van der Waals surface area contributed by atoms with Crippen molar-refractivity contribution in [3.05, 3.63) is 70.7 Å². The molecule has 2 aromatic carbocycles. The molecular formula is C20H24ClNO3. The van der Waals surface area contributed by atoms with Crippen molar-refractivity contribution >= 4 is 17.7 Å². The summed E-state index contributed by atoms with van der Waals surface area (Å²) in [5, 5.41) is 13.4. The van der Waals surface area contributed by atoms with Gasteiger partial charge in [-0.15, -0.1) is 0 Å². The summed E-state index contributed by atoms with van der Waals surface area (Å²) in [5.41, 5.74) is 1.33. The largest absolute Gasteiger partial charge is 0.444 e. The van der Waals surface area contributed by atoms with Crippen LogP contribution in [-0.2, 0) is 4.74 Å². The van der Waals surface area contributed by atoms with Crippen molar-refractivity contribution < 1.29 is 14.6 Å². The fraction of sp³-hybridized carbons (Fsp3) is 0.350. The maximum absolute atomic E-state index is 12.2. The Morgan fingerprint density at radius 2 is 1.64 bits per heavy atom. The van der Waals surface area contributed by atoms with E-state index in [9.17, 15) is 9.90 Å². The van der Waals surface area contributed by atoms with Gasteiger partial charge in [-0.05, 0) is 44.0 Å². The molecule has 0 bridgehead atoms. The maximum Gasteiger partial charge on any atom is 0.407 e. The predicted octanol–water partition coefficient (Wildman–Crippen LogP) is 4.36. The molecule has 0 aliphatic heterocycles. The van der Waals surface area contributed by atoms with Crippen molar-refractivity contribution in [2.75, 3.05) is 6.61 Å². The predicted molar refractivity (Wildman–Crippen MR) is 100.0 cm³/mol. The number of aliphatic hydroxyl groups excluding tert-OH is 1. The highest BCUT2D eigenvalue weighted by Gasteiger charge is 2.28. The number of carbonyl (C=O) groups excluding carboxylic acids is 1. The minimum Gasteiger partial charge on any atom is -0.444 e. The molecule has 2 aromatic rings. The van der Waals surface area contributed by atoms with Crippen molar-refractivity contribution in [3.8, 4) is 0 Å². The number of rotatable bonds is 5. The number of carbonyl (C=O) groups is 1. The fourth-order valence-corrected chi connectivity index (χ4v) is 2.81. The minimum absolute atomic E-state index is 0.221. The van der Waals surface area contributed by atoms with Crippen LogP contribution in [0.5, 0.6) is 0 Å². The number of nitrogens with one attached hydrogen (secondary N) is 1. The molecule has 2 atom stereocenters. The van der Waals surface area contributed by atoms with Gasteiger partial charge in [0.05, 0.1) is 12.6 Å². The summed E-state index contributed by atoms with van der Waals surface area (Å²) < 4.78 is 5.33. The number of hydrogen-bond acceptors (Lipinski definition) is 3. The summed E-state index contributed by atoms with van der Waals surface area (Å²) in [6, 6.07) is 16.6. The lowest BCUT2D eigenvalue weighted by Crippen LogP contribution is -2.44. The van der Waals surface area contributed by atoms with Crippen LogP contribution in [0.1, 0.15) is 37.8 Å². The second-order valence-electron chi connectivity index (χ2n) is 6.88. The average Bonchev–Trinajstić information content (AvgIpc) is 2.55. The standard InChI is InChI=1S/C20H24ClNO3/c1-20(2,3)25-19(24)22-17(13-23)18(14-7-5-4-6-8-14)15-9-11-16(21)12-10-15/h4-12,17-18,23H,13H2,1-3H3,(H,22,24)/t17-,18-/m1/s1. The molecule has 0 aromatic heterocycles. The van der Waals surface area contributed by atoms with Crippen LogP contribution in [0, 0.1) is 0 Å². The van der Waals surface area contributed by atoms with Crippen LogP contribution >= 0.6 is 11.6 Å². The molecule has 0 saturated carbocycles. The Balaban J connectivity index is 2.32. The molecule has 134 valence electrons. The quantitative estimate of drug-likeness (QED) is 0.832. The maximum atomic E-state index is 12.2. The Labute approximate surface area is 153 Å². The molecule has 0 unspecified atom stereocenters. The van der Waals surface area contributed by atoms with Gasteiger partial charge in [0.1, 0.15) is 5.60 Å². The Morgan fingerprint density at radius 3 is 2.16 bits per heavy atom. The monoisotopic (exact) mass is 361 g/mol. The van der Waals surface area contributed by atoms with E-state index in [0.29, 0.717) is 5.02 Å². The summed E-state index contributed by atoms with van der Waals surface area (Å²) in [7, 11) is 0. The van der Waals surface area contributed by atoms with Gasteiger partial charge in [-0.3, -0.25) is 0 Å². The number of amides is 1. The van der Waals surface area contributed by atoms with Crippen molar-refractivity contribution in [2.45, 2.75) is 38.3 Å². The Morgan fingerprint density at radius 1 is 1.08 bits per heavy atom. The summed E-state index contributed by atoms with van der Waals surface area (Å²) in [4.78, 5) is 12.2. The van der Waals surface area contributed by atoms with Crippen LogP contribution in [-0.4, -0.2) is 29.4 Å². The van der Waals surface area contributed by atoms with Gasteiger partial charge < -0.3 is 15.2 Å². The summed E-state index contributed by atoms with van der Waals surface area (Å²) in [5.74, 6) is -0.226. The number of halogens is 1. The van der Waals surface area contributed by atoms with Gasteiger partial charge in [0.2, 0.25) is 0 Å². The summed E-state index contributed by atoms with van der Waals surface area (Å²) in [6.07, 6.45) is -0.554. The second kappa shape index (κ2) is 8.37. The molecular weight excluding hydrogens is 338 g/mol. The third-order valence-corrected chi connectivity index (χ3v) is 3.94. The topological polar surface area (TPSA) is 58.6 Å². The van der Waals surface area contributed by atoms with Crippen LogP contribution in [0.25, 0.3) is 0 Å². The lowest BCUT2D eigenvalue weighted by Gasteiger charge is -2.29. The van der Waals surface area contributed by atoms with Crippen molar-refractivity contribution in [1.82, 2.24) is 5.32 Å². The smallest absolute Gasteiger partial charge is 0.407 e. The zero-order chi connectivity index (χ0) is 18.4. The zero-order valence-electron chi connectivity index (χ0n) is 14.7. The zero-order valence-corrected chi connectivity index (χ0v) is 15.5. The first-order chi connectivity index (χ1) is 11.8. The highest BCUT2D eigenvalue weighted by atomic mass is 35.5. The molecule has 1 amide bonds. The molecule has 0 fully saturated rings. The third kappa shape index (κ3) is 5.76. The minimum atomic E-state index is -0.605. The van der Waals surface area contributed by atoms with E-state index in [1.54, 1.807) is 32.9 Å². The van der Waals surface area contributed by atoms with E-state index < -0.39 is 17.7 Å². The first-order valence-electron chi connectivity index (χ1n) is 8.21. The van der Waals surface area contributed by atoms with Gasteiger partial charge >= 0.3 is 6.09 Å². The highest BCUT2D eigenvalue weighted by Crippen LogP contribution is 2.29. The molecule has 0 radical (unpaired) electrons. The Kier molecular flexibility index (Phi) is 6.45. The fourth-order valence-electron chi connectivity index (χ4n) is 2.68. The lowest BCUT2D eigenvalue weighted by atomic mass is 9.85. The Bertz CT molecular complexity index is 680. The van der Waals surface area contributed by atoms with Gasteiger partial charge in [0.15, 0.2) is 0 Å². The molecule has 0 aliphatic rings. The lowest BCUT2D eigenvalue weighted by molar-refractivity contribution is 0.0476. The molecule has 5 heteroatoms. The molecule has 0 spiro atoms.